The van der Waals surface area contributed by atoms with E-state index in [2.05, 4.69) is 0 Å². The molecule has 1 unspecified atom stereocenters. The summed E-state index contributed by atoms with van der Waals surface area (Å²) < 4.78 is 5.53. The van der Waals surface area contributed by atoms with E-state index in [1.54, 1.807) is 16.7 Å². The van der Waals surface area contributed by atoms with Gasteiger partial charge in [0.2, 0.25) is 5.91 Å². The molecule has 0 fully saturated rings. The van der Waals surface area contributed by atoms with E-state index >= 15 is 0 Å². The van der Waals surface area contributed by atoms with Crippen molar-refractivity contribution in [1.29, 1.82) is 0 Å². The number of halogens is 1. The first-order valence-corrected chi connectivity index (χ1v) is 8.38. The zero-order valence-corrected chi connectivity index (χ0v) is 13.2. The van der Waals surface area contributed by atoms with Crippen LogP contribution in [0.1, 0.15) is 18.9 Å². The fourth-order valence-electron chi connectivity index (χ4n) is 2.16. The number of thioether (sulfide) groups is 1. The number of alkyl halides is 1. The van der Waals surface area contributed by atoms with Crippen molar-refractivity contribution in [3.05, 3.63) is 35.9 Å². The van der Waals surface area contributed by atoms with Gasteiger partial charge in [-0.05, 0) is 49.4 Å². The number of rotatable bonds is 5. The van der Waals surface area contributed by atoms with Crippen LogP contribution in [0, 0.1) is 0 Å². The monoisotopic (exact) mass is 311 g/mol. The van der Waals surface area contributed by atoms with Gasteiger partial charge < -0.3 is 9.64 Å². The van der Waals surface area contributed by atoms with Crippen LogP contribution in [0.3, 0.4) is 0 Å². The van der Waals surface area contributed by atoms with Gasteiger partial charge in [-0.1, -0.05) is 6.08 Å². The van der Waals surface area contributed by atoms with Crippen molar-refractivity contribution < 1.29 is 9.53 Å². The zero-order valence-electron chi connectivity index (χ0n) is 11.6. The number of hydrogen-bond donors (Lipinski definition) is 0. The maximum Gasteiger partial charge on any atom is 0.245 e. The first kappa shape index (κ1) is 15.3. The molecule has 108 valence electrons. The summed E-state index contributed by atoms with van der Waals surface area (Å²) in [5, 5.41) is -0.442. The summed E-state index contributed by atoms with van der Waals surface area (Å²) in [4.78, 5) is 13.8. The van der Waals surface area contributed by atoms with Gasteiger partial charge in [-0.15, -0.1) is 23.4 Å². The molecule has 1 aromatic rings. The lowest BCUT2D eigenvalue weighted by Crippen LogP contribution is -2.38. The summed E-state index contributed by atoms with van der Waals surface area (Å²) in [6, 6.07) is 7.81. The lowest BCUT2D eigenvalue weighted by Gasteiger charge is -2.30. The predicted octanol–water partition coefficient (Wildman–Crippen LogP) is 3.59. The average molecular weight is 312 g/mol. The SMILES string of the molecule is CCN1C(=O)C(Cl)CC=C1c1ccc(OCSC)cc1. The highest BCUT2D eigenvalue weighted by molar-refractivity contribution is 7.98. The summed E-state index contributed by atoms with van der Waals surface area (Å²) >= 11 is 7.65. The Balaban J connectivity index is 2.19. The number of carbonyl (C=O) groups excluding carboxylic acids is 1. The lowest BCUT2D eigenvalue weighted by atomic mass is 10.0. The molecule has 1 amide bonds. The molecule has 2 rings (SSSR count). The highest BCUT2D eigenvalue weighted by Crippen LogP contribution is 2.28. The Labute approximate surface area is 128 Å². The zero-order chi connectivity index (χ0) is 14.5. The molecule has 1 heterocycles. The van der Waals surface area contributed by atoms with Crippen LogP contribution in [-0.2, 0) is 4.79 Å². The number of amides is 1. The first-order valence-electron chi connectivity index (χ1n) is 6.55. The molecule has 0 aliphatic carbocycles. The smallest absolute Gasteiger partial charge is 0.245 e. The molecule has 1 atom stereocenters. The van der Waals surface area contributed by atoms with Crippen LogP contribution < -0.4 is 4.74 Å². The van der Waals surface area contributed by atoms with Crippen molar-refractivity contribution in [2.24, 2.45) is 0 Å². The van der Waals surface area contributed by atoms with Gasteiger partial charge >= 0.3 is 0 Å². The molecule has 0 spiro atoms. The standard InChI is InChI=1S/C15H18ClNO2S/c1-3-17-14(9-8-13(16)15(17)18)11-4-6-12(7-5-11)19-10-20-2/h4-7,9,13H,3,8,10H2,1-2H3. The predicted molar refractivity (Wildman–Crippen MR) is 85.1 cm³/mol. The molecule has 3 nitrogen and oxygen atoms in total. The topological polar surface area (TPSA) is 29.5 Å². The number of ether oxygens (including phenoxy) is 1. The van der Waals surface area contributed by atoms with E-state index in [0.717, 1.165) is 17.0 Å². The second-order valence-electron chi connectivity index (χ2n) is 4.45. The highest BCUT2D eigenvalue weighted by atomic mass is 35.5. The minimum Gasteiger partial charge on any atom is -0.483 e. The van der Waals surface area contributed by atoms with Crippen LogP contribution in [0.5, 0.6) is 5.75 Å². The Hall–Kier alpha value is -1.13. The minimum absolute atomic E-state index is 0.0191. The van der Waals surface area contributed by atoms with E-state index in [1.165, 1.54) is 0 Å². The maximum absolute atomic E-state index is 12.1. The van der Waals surface area contributed by atoms with Crippen molar-refractivity contribution in [1.82, 2.24) is 4.90 Å². The number of carbonyl (C=O) groups is 1. The molecular formula is C15H18ClNO2S. The molecule has 0 radical (unpaired) electrons. The Kier molecular flexibility index (Phi) is 5.38. The van der Waals surface area contributed by atoms with E-state index < -0.39 is 5.38 Å². The number of hydrogen-bond acceptors (Lipinski definition) is 3. The van der Waals surface area contributed by atoms with E-state index in [0.29, 0.717) is 18.9 Å². The van der Waals surface area contributed by atoms with Gasteiger partial charge in [-0.2, -0.15) is 0 Å². The normalized spacial score (nSPS) is 18.9. The van der Waals surface area contributed by atoms with Gasteiger partial charge in [0.25, 0.3) is 0 Å². The summed E-state index contributed by atoms with van der Waals surface area (Å²) in [5.74, 6) is 1.45. The third-order valence-corrected chi connectivity index (χ3v) is 3.87. The second kappa shape index (κ2) is 7.04. The first-order chi connectivity index (χ1) is 9.67. The van der Waals surface area contributed by atoms with Crippen LogP contribution in [0.25, 0.3) is 5.70 Å². The number of allylic oxidation sites excluding steroid dienone is 1. The molecular weight excluding hydrogens is 294 g/mol. The van der Waals surface area contributed by atoms with E-state index in [4.69, 9.17) is 16.3 Å². The summed E-state index contributed by atoms with van der Waals surface area (Å²) in [6.45, 7) is 2.58. The van der Waals surface area contributed by atoms with Crippen molar-refractivity contribution in [3.8, 4) is 5.75 Å². The molecule has 0 saturated carbocycles. The summed E-state index contributed by atoms with van der Waals surface area (Å²) in [5.41, 5.74) is 1.95. The van der Waals surface area contributed by atoms with Crippen molar-refractivity contribution in [2.45, 2.75) is 18.7 Å². The second-order valence-corrected chi connectivity index (χ2v) is 5.79. The Morgan fingerprint density at radius 3 is 2.70 bits per heavy atom. The van der Waals surface area contributed by atoms with Crippen LogP contribution >= 0.6 is 23.4 Å². The Bertz CT molecular complexity index is 501. The van der Waals surface area contributed by atoms with Crippen LogP contribution in [0.15, 0.2) is 30.3 Å². The molecule has 1 aliphatic heterocycles. The molecule has 1 aromatic carbocycles. The van der Waals surface area contributed by atoms with Gasteiger partial charge in [0.05, 0.1) is 0 Å². The number of benzene rings is 1. The third kappa shape index (κ3) is 3.30. The van der Waals surface area contributed by atoms with Crippen molar-refractivity contribution >= 4 is 35.0 Å². The van der Waals surface area contributed by atoms with E-state index in [1.807, 2.05) is 43.5 Å². The molecule has 0 saturated heterocycles. The van der Waals surface area contributed by atoms with Gasteiger partial charge in [0.15, 0.2) is 0 Å². The lowest BCUT2D eigenvalue weighted by molar-refractivity contribution is -0.127. The minimum atomic E-state index is -0.442. The Morgan fingerprint density at radius 1 is 1.40 bits per heavy atom. The van der Waals surface area contributed by atoms with Crippen molar-refractivity contribution in [3.63, 3.8) is 0 Å². The highest BCUT2D eigenvalue weighted by Gasteiger charge is 2.28. The maximum atomic E-state index is 12.1. The van der Waals surface area contributed by atoms with Crippen LogP contribution in [0.4, 0.5) is 0 Å². The third-order valence-electron chi connectivity index (χ3n) is 3.15. The fourth-order valence-corrected chi connectivity index (χ4v) is 2.62. The van der Waals surface area contributed by atoms with Gasteiger partial charge in [0.1, 0.15) is 17.1 Å². The van der Waals surface area contributed by atoms with Crippen molar-refractivity contribution in [2.75, 3.05) is 18.7 Å². The Morgan fingerprint density at radius 2 is 2.10 bits per heavy atom. The molecule has 1 aliphatic rings. The number of nitrogens with zero attached hydrogens (tertiary/aromatic N) is 1. The van der Waals surface area contributed by atoms with Gasteiger partial charge in [-0.25, -0.2) is 0 Å². The average Bonchev–Trinajstić information content (AvgIpc) is 2.48. The quantitative estimate of drug-likeness (QED) is 0.615. The summed E-state index contributed by atoms with van der Waals surface area (Å²) in [7, 11) is 0. The molecule has 20 heavy (non-hydrogen) atoms. The molecule has 5 heteroatoms. The van der Waals surface area contributed by atoms with E-state index in [9.17, 15) is 4.79 Å². The van der Waals surface area contributed by atoms with Crippen LogP contribution in [-0.4, -0.2) is 34.9 Å². The van der Waals surface area contributed by atoms with Gasteiger partial charge in [-0.3, -0.25) is 4.79 Å². The molecule has 0 bridgehead atoms. The fraction of sp³-hybridized carbons (Fsp3) is 0.400. The van der Waals surface area contributed by atoms with E-state index in [-0.39, 0.29) is 5.91 Å². The molecule has 0 aromatic heterocycles. The van der Waals surface area contributed by atoms with Crippen LogP contribution in [0.2, 0.25) is 0 Å². The largest absolute Gasteiger partial charge is 0.483 e. The summed E-state index contributed by atoms with van der Waals surface area (Å²) in [6.07, 6.45) is 4.60. The van der Waals surface area contributed by atoms with Gasteiger partial charge in [0, 0.05) is 12.2 Å². The molecule has 0 N–H and O–H groups in total.